The lowest BCUT2D eigenvalue weighted by Crippen LogP contribution is -2.35. The third kappa shape index (κ3) is 11.3. The van der Waals surface area contributed by atoms with Crippen LogP contribution in [0, 0.1) is 41.5 Å². The van der Waals surface area contributed by atoms with Crippen LogP contribution >= 0.6 is 34.0 Å². The summed E-state index contributed by atoms with van der Waals surface area (Å²) in [5.74, 6) is 0. The maximum atomic E-state index is 5.59. The van der Waals surface area contributed by atoms with Gasteiger partial charge in [-0.15, -0.1) is 0 Å². The molecule has 8 aromatic heterocycles. The van der Waals surface area contributed by atoms with Crippen LogP contribution in [-0.2, 0) is 28.2 Å². The standard InChI is InChI=1S/C23H18NS.C22H17N2O.C21H20NS.C19H16NS/c1-15-7-8-16-5-3-4-6-21(16)23(15)22-11-17-9-19-13-25-14-20(19)10-18(17)12-24(22)2;1-14-7-8-21-18(9-10-25-21)22(14)20-13-17-11-15-5-3-4-6-16(15)12-19(17)23-24(20)2;1-13-5-14(2)15(3)20(6-13)21-9-16-7-18-11-23-12-19(18)8-17(16)10-22(21)4;1-13-5-3-4-6-18(13)19-9-14-7-16-11-21-12-17(16)8-15(14)10-20(19)2/h3-14H,1-2H3;3-13H,1-2H3;5-12H,1-4H3;3-12H,1-2H3/q4*+1. The Bertz CT molecular complexity index is 6030. The van der Waals surface area contributed by atoms with E-state index in [4.69, 9.17) is 9.52 Å². The van der Waals surface area contributed by atoms with E-state index in [9.17, 15) is 0 Å². The van der Waals surface area contributed by atoms with Gasteiger partial charge in [0.05, 0.1) is 17.4 Å². The molecular weight excluding hydrogens is 1200 g/mol. The predicted octanol–water partition coefficient (Wildman–Crippen LogP) is 21.3. The van der Waals surface area contributed by atoms with Gasteiger partial charge >= 0.3 is 0 Å². The minimum atomic E-state index is 0.902. The molecule has 0 fully saturated rings. The quantitative estimate of drug-likeness (QED) is 0.130. The second-order valence-electron chi connectivity index (χ2n) is 25.3. The number of thiophene rings is 3. The Balaban J connectivity index is 0.000000104. The zero-order valence-corrected chi connectivity index (χ0v) is 57.0. The van der Waals surface area contributed by atoms with E-state index >= 15 is 0 Å². The van der Waals surface area contributed by atoms with E-state index < -0.39 is 0 Å². The van der Waals surface area contributed by atoms with Gasteiger partial charge in [0, 0.05) is 67.4 Å². The van der Waals surface area contributed by atoms with E-state index in [1.165, 1.54) is 159 Å². The number of furan rings is 1. The van der Waals surface area contributed by atoms with Crippen LogP contribution in [0.1, 0.15) is 33.4 Å². The number of hydrogen-bond donors (Lipinski definition) is 0. The molecule has 18 aromatic rings. The van der Waals surface area contributed by atoms with Crippen molar-refractivity contribution in [3.63, 3.8) is 0 Å². The molecule has 0 spiro atoms. The first-order chi connectivity index (χ1) is 45.7. The lowest BCUT2D eigenvalue weighted by atomic mass is 9.95. The molecular formula is C85H71N5OS3+4. The highest BCUT2D eigenvalue weighted by molar-refractivity contribution is 7.10. The highest BCUT2D eigenvalue weighted by atomic mass is 32.1. The predicted molar refractivity (Wildman–Crippen MR) is 399 cm³/mol. The Labute approximate surface area is 559 Å². The zero-order valence-electron chi connectivity index (χ0n) is 54.5. The van der Waals surface area contributed by atoms with Crippen LogP contribution in [0.3, 0.4) is 0 Å². The summed E-state index contributed by atoms with van der Waals surface area (Å²) in [6.45, 7) is 13.1. The Morgan fingerprint density at radius 1 is 0.319 bits per heavy atom. The highest BCUT2D eigenvalue weighted by Gasteiger charge is 2.23. The number of nitrogens with zero attached hydrogens (tertiary/aromatic N) is 5. The summed E-state index contributed by atoms with van der Waals surface area (Å²) >= 11 is 5.30. The topological polar surface area (TPSA) is 41.6 Å². The molecule has 0 aliphatic carbocycles. The first-order valence-corrected chi connectivity index (χ1v) is 34.7. The molecule has 18 rings (SSSR count). The Morgan fingerprint density at radius 3 is 1.36 bits per heavy atom. The average Bonchev–Trinajstić information content (AvgIpc) is 1.18. The van der Waals surface area contributed by atoms with Gasteiger partial charge in [-0.25, -0.2) is 13.7 Å². The largest absolute Gasteiger partial charge is 0.464 e. The summed E-state index contributed by atoms with van der Waals surface area (Å²) < 4.78 is 14.3. The van der Waals surface area contributed by atoms with Crippen LogP contribution in [0.5, 0.6) is 0 Å². The molecule has 0 amide bonds. The summed E-state index contributed by atoms with van der Waals surface area (Å²) in [5, 5.41) is 41.2. The summed E-state index contributed by atoms with van der Waals surface area (Å²) in [4.78, 5) is 0. The van der Waals surface area contributed by atoms with Crippen LogP contribution in [0.25, 0.3) is 153 Å². The van der Waals surface area contributed by atoms with E-state index in [1.54, 1.807) is 40.3 Å². The van der Waals surface area contributed by atoms with Gasteiger partial charge in [0.25, 0.3) is 0 Å². The van der Waals surface area contributed by atoms with Crippen LogP contribution < -0.4 is 18.4 Å². The molecule has 9 heteroatoms. The van der Waals surface area contributed by atoms with E-state index in [-0.39, 0.29) is 0 Å². The molecule has 10 aromatic carbocycles. The minimum absolute atomic E-state index is 0.902. The van der Waals surface area contributed by atoms with Crippen molar-refractivity contribution in [1.29, 1.82) is 0 Å². The minimum Gasteiger partial charge on any atom is -0.464 e. The van der Waals surface area contributed by atoms with Crippen molar-refractivity contribution >= 4 is 142 Å². The SMILES string of the molecule is Cc1cc(C)c(C)c(-c2cc3cc4cscc4cc3c[n+]2C)c1.Cc1ccc2ccccc2c1-c1cc2cc3cscc3cc2c[n+]1C.Cc1ccc2occc2c1-c1cc2cc3ccccc3cc2n[n+]1C.Cc1ccccc1-c1cc2cc3cscc3cc2c[n+]1C. The van der Waals surface area contributed by atoms with E-state index in [1.807, 2.05) is 23.9 Å². The normalized spacial score (nSPS) is 11.5. The fourth-order valence-electron chi connectivity index (χ4n) is 13.8. The van der Waals surface area contributed by atoms with Gasteiger partial charge in [0.15, 0.2) is 25.6 Å². The maximum absolute atomic E-state index is 5.59. The van der Waals surface area contributed by atoms with Crippen LogP contribution in [-0.4, -0.2) is 5.10 Å². The second kappa shape index (κ2) is 24.6. The number of aromatic nitrogens is 5. The molecule has 0 aliphatic rings. The zero-order chi connectivity index (χ0) is 64.5. The molecule has 0 saturated carbocycles. The molecule has 0 saturated heterocycles. The monoisotopic (exact) mass is 1270 g/mol. The maximum Gasteiger partial charge on any atom is 0.240 e. The van der Waals surface area contributed by atoms with Crippen LogP contribution in [0.2, 0.25) is 0 Å². The number of fused-ring (bicyclic) bond motifs is 10. The third-order valence-corrected chi connectivity index (χ3v) is 21.2. The van der Waals surface area contributed by atoms with Gasteiger partial charge in [-0.2, -0.15) is 34.0 Å². The van der Waals surface area contributed by atoms with Gasteiger partial charge < -0.3 is 4.42 Å². The molecule has 0 unspecified atom stereocenters. The first kappa shape index (κ1) is 60.0. The highest BCUT2D eigenvalue weighted by Crippen LogP contribution is 2.37. The van der Waals surface area contributed by atoms with E-state index in [0.717, 1.165) is 27.6 Å². The van der Waals surface area contributed by atoms with E-state index in [0.29, 0.717) is 0 Å². The van der Waals surface area contributed by atoms with Crippen molar-refractivity contribution in [2.45, 2.75) is 41.5 Å². The van der Waals surface area contributed by atoms with Crippen molar-refractivity contribution in [3.05, 3.63) is 279 Å². The molecule has 0 bridgehead atoms. The van der Waals surface area contributed by atoms with Gasteiger partial charge in [0.1, 0.15) is 32.2 Å². The van der Waals surface area contributed by atoms with Crippen molar-refractivity contribution in [3.8, 4) is 45.0 Å². The summed E-state index contributed by atoms with van der Waals surface area (Å²) in [7, 11) is 8.42. The Hall–Kier alpha value is -10.3. The van der Waals surface area contributed by atoms with Crippen molar-refractivity contribution in [1.82, 2.24) is 5.10 Å². The Morgan fingerprint density at radius 2 is 0.777 bits per heavy atom. The number of rotatable bonds is 4. The van der Waals surface area contributed by atoms with Crippen molar-refractivity contribution in [2.24, 2.45) is 28.2 Å². The summed E-state index contributed by atoms with van der Waals surface area (Å²) in [6, 6.07) is 68.1. The van der Waals surface area contributed by atoms with Gasteiger partial charge in [-0.05, 0) is 244 Å². The smallest absolute Gasteiger partial charge is 0.240 e. The first-order valence-electron chi connectivity index (χ1n) is 31.8. The molecule has 0 aliphatic heterocycles. The summed E-state index contributed by atoms with van der Waals surface area (Å²) in [5.41, 5.74) is 19.8. The third-order valence-electron chi connectivity index (χ3n) is 18.8. The number of hydrogen-bond acceptors (Lipinski definition) is 5. The fraction of sp³-hybridized carbons (Fsp3) is 0.118. The second-order valence-corrected chi connectivity index (χ2v) is 27.5. The molecule has 456 valence electrons. The average molecular weight is 1270 g/mol. The van der Waals surface area contributed by atoms with Crippen molar-refractivity contribution < 1.29 is 22.8 Å². The van der Waals surface area contributed by atoms with Gasteiger partial charge in [0.2, 0.25) is 22.8 Å². The molecule has 94 heavy (non-hydrogen) atoms. The van der Waals surface area contributed by atoms with Crippen molar-refractivity contribution in [2.75, 3.05) is 0 Å². The Kier molecular flexibility index (Phi) is 15.7. The molecule has 6 nitrogen and oxygen atoms in total. The van der Waals surface area contributed by atoms with Gasteiger partial charge in [-0.3, -0.25) is 0 Å². The molecule has 0 radical (unpaired) electrons. The lowest BCUT2D eigenvalue weighted by Gasteiger charge is -2.10. The fourth-order valence-corrected chi connectivity index (χ4v) is 16.1. The number of aryl methyl sites for hydroxylation is 9. The summed E-state index contributed by atoms with van der Waals surface area (Å²) in [6.07, 6.45) is 8.48. The molecule has 8 heterocycles. The van der Waals surface area contributed by atoms with E-state index in [2.05, 4.69) is 303 Å². The van der Waals surface area contributed by atoms with Gasteiger partial charge in [-0.1, -0.05) is 101 Å². The number of benzene rings is 10. The molecule has 0 N–H and O–H groups in total. The molecule has 0 atom stereocenters. The van der Waals surface area contributed by atoms with Crippen LogP contribution in [0.15, 0.2) is 250 Å². The lowest BCUT2D eigenvalue weighted by molar-refractivity contribution is -0.717. The van der Waals surface area contributed by atoms with Crippen LogP contribution in [0.4, 0.5) is 0 Å². The number of pyridine rings is 3.